The summed E-state index contributed by atoms with van der Waals surface area (Å²) in [7, 11) is 3.50. The molecule has 1 unspecified atom stereocenters. The van der Waals surface area contributed by atoms with Gasteiger partial charge in [0.05, 0.1) is 24.0 Å². The third-order valence-electron chi connectivity index (χ3n) is 4.97. The van der Waals surface area contributed by atoms with Crippen LogP contribution < -0.4 is 4.90 Å². The van der Waals surface area contributed by atoms with Gasteiger partial charge in [-0.3, -0.25) is 0 Å². The molecule has 1 atom stereocenters. The summed E-state index contributed by atoms with van der Waals surface area (Å²) >= 11 is 0. The summed E-state index contributed by atoms with van der Waals surface area (Å²) in [6.45, 7) is 0.815. The van der Waals surface area contributed by atoms with E-state index in [1.165, 1.54) is 26.4 Å². The standard InChI is InChI=1S/C17H23NO3/c1-18(13-8-11-21-17(12-13)9-5-10-17)15-7-4-3-6-14(15)16(19)20-2/h3-4,6-7,13H,5,8-12H2,1-2H3. The van der Waals surface area contributed by atoms with E-state index >= 15 is 0 Å². The smallest absolute Gasteiger partial charge is 0.339 e. The number of nitrogens with zero attached hydrogens (tertiary/aromatic N) is 1. The third kappa shape index (κ3) is 2.64. The first-order chi connectivity index (χ1) is 10.2. The van der Waals surface area contributed by atoms with Crippen molar-refractivity contribution >= 4 is 11.7 Å². The van der Waals surface area contributed by atoms with Gasteiger partial charge in [-0.2, -0.15) is 0 Å². The molecular weight excluding hydrogens is 266 g/mol. The molecule has 0 amide bonds. The predicted molar refractivity (Wildman–Crippen MR) is 81.7 cm³/mol. The van der Waals surface area contributed by atoms with Crippen LogP contribution in [0.4, 0.5) is 5.69 Å². The average molecular weight is 289 g/mol. The molecule has 0 aromatic heterocycles. The molecule has 1 aromatic carbocycles. The van der Waals surface area contributed by atoms with Crippen LogP contribution in [0.15, 0.2) is 24.3 Å². The zero-order valence-electron chi connectivity index (χ0n) is 12.8. The van der Waals surface area contributed by atoms with Crippen LogP contribution in [0.25, 0.3) is 0 Å². The van der Waals surface area contributed by atoms with Crippen molar-refractivity contribution in [2.24, 2.45) is 0 Å². The molecule has 1 spiro atoms. The number of carbonyl (C=O) groups is 1. The Bertz CT molecular complexity index is 525. The third-order valence-corrected chi connectivity index (χ3v) is 4.97. The van der Waals surface area contributed by atoms with Crippen molar-refractivity contribution in [1.82, 2.24) is 0 Å². The van der Waals surface area contributed by atoms with Crippen LogP contribution in [0.1, 0.15) is 42.5 Å². The largest absolute Gasteiger partial charge is 0.465 e. The first kappa shape index (κ1) is 14.4. The molecule has 1 saturated carbocycles. The zero-order valence-corrected chi connectivity index (χ0v) is 12.8. The van der Waals surface area contributed by atoms with Gasteiger partial charge in [-0.05, 0) is 44.2 Å². The van der Waals surface area contributed by atoms with Gasteiger partial charge in [-0.15, -0.1) is 0 Å². The molecule has 1 saturated heterocycles. The number of hydrogen-bond acceptors (Lipinski definition) is 4. The van der Waals surface area contributed by atoms with Crippen LogP contribution in [-0.2, 0) is 9.47 Å². The van der Waals surface area contributed by atoms with Crippen LogP contribution in [0.5, 0.6) is 0 Å². The van der Waals surface area contributed by atoms with Gasteiger partial charge >= 0.3 is 5.97 Å². The monoisotopic (exact) mass is 289 g/mol. The van der Waals surface area contributed by atoms with E-state index in [0.29, 0.717) is 11.6 Å². The average Bonchev–Trinajstić information content (AvgIpc) is 2.52. The number of benzene rings is 1. The minimum Gasteiger partial charge on any atom is -0.465 e. The van der Waals surface area contributed by atoms with Crippen molar-refractivity contribution in [3.05, 3.63) is 29.8 Å². The fourth-order valence-electron chi connectivity index (χ4n) is 3.51. The highest BCUT2D eigenvalue weighted by Gasteiger charge is 2.43. The number of esters is 1. The molecule has 114 valence electrons. The minimum atomic E-state index is -0.275. The molecule has 1 aromatic rings. The quantitative estimate of drug-likeness (QED) is 0.802. The lowest BCUT2D eigenvalue weighted by Gasteiger charge is -2.49. The van der Waals surface area contributed by atoms with Gasteiger partial charge in [0.2, 0.25) is 0 Å². The maximum Gasteiger partial charge on any atom is 0.339 e. The lowest BCUT2D eigenvalue weighted by Crippen LogP contribution is -2.51. The molecule has 3 rings (SSSR count). The Morgan fingerprint density at radius 1 is 1.38 bits per heavy atom. The fraction of sp³-hybridized carbons (Fsp3) is 0.588. The Kier molecular flexibility index (Phi) is 3.89. The van der Waals surface area contributed by atoms with Gasteiger partial charge in [0, 0.05) is 19.7 Å². The Balaban J connectivity index is 1.81. The van der Waals surface area contributed by atoms with Gasteiger partial charge in [0.15, 0.2) is 0 Å². The van der Waals surface area contributed by atoms with E-state index in [1.807, 2.05) is 24.3 Å². The molecule has 1 heterocycles. The van der Waals surface area contributed by atoms with Crippen molar-refractivity contribution in [1.29, 1.82) is 0 Å². The molecule has 1 aliphatic carbocycles. The van der Waals surface area contributed by atoms with Crippen LogP contribution in [0.2, 0.25) is 0 Å². The first-order valence-electron chi connectivity index (χ1n) is 7.69. The van der Waals surface area contributed by atoms with Gasteiger partial charge < -0.3 is 14.4 Å². The van der Waals surface area contributed by atoms with Crippen molar-refractivity contribution < 1.29 is 14.3 Å². The summed E-state index contributed by atoms with van der Waals surface area (Å²) in [5, 5.41) is 0. The maximum atomic E-state index is 11.9. The number of methoxy groups -OCH3 is 1. The normalized spacial score (nSPS) is 23.4. The summed E-state index contributed by atoms with van der Waals surface area (Å²) < 4.78 is 10.9. The van der Waals surface area contributed by atoms with E-state index in [4.69, 9.17) is 9.47 Å². The summed E-state index contributed by atoms with van der Waals surface area (Å²) in [6.07, 6.45) is 5.69. The molecular formula is C17H23NO3. The lowest BCUT2D eigenvalue weighted by atomic mass is 9.73. The van der Waals surface area contributed by atoms with Gasteiger partial charge in [0.25, 0.3) is 0 Å². The van der Waals surface area contributed by atoms with E-state index < -0.39 is 0 Å². The second-order valence-corrected chi connectivity index (χ2v) is 6.15. The van der Waals surface area contributed by atoms with Crippen LogP contribution in [-0.4, -0.2) is 38.4 Å². The van der Waals surface area contributed by atoms with Crippen LogP contribution >= 0.6 is 0 Å². The second kappa shape index (κ2) is 5.68. The second-order valence-electron chi connectivity index (χ2n) is 6.15. The number of anilines is 1. The van der Waals surface area contributed by atoms with E-state index in [9.17, 15) is 4.79 Å². The highest BCUT2D eigenvalue weighted by molar-refractivity contribution is 5.95. The molecule has 2 aliphatic rings. The van der Waals surface area contributed by atoms with Crippen molar-refractivity contribution in [2.45, 2.75) is 43.7 Å². The number of para-hydroxylation sites is 1. The van der Waals surface area contributed by atoms with Crippen LogP contribution in [0.3, 0.4) is 0 Å². The van der Waals surface area contributed by atoms with E-state index in [0.717, 1.165) is 25.1 Å². The summed E-state index contributed by atoms with van der Waals surface area (Å²) in [6, 6.07) is 8.09. The van der Waals surface area contributed by atoms with Gasteiger partial charge in [-0.25, -0.2) is 4.79 Å². The number of carbonyl (C=O) groups excluding carboxylic acids is 1. The van der Waals surface area contributed by atoms with E-state index in [2.05, 4.69) is 11.9 Å². The molecule has 21 heavy (non-hydrogen) atoms. The molecule has 0 bridgehead atoms. The highest BCUT2D eigenvalue weighted by atomic mass is 16.5. The first-order valence-corrected chi connectivity index (χ1v) is 7.69. The SMILES string of the molecule is COC(=O)c1ccccc1N(C)C1CCOC2(CCC2)C1. The Labute approximate surface area is 126 Å². The number of rotatable bonds is 3. The maximum absolute atomic E-state index is 11.9. The highest BCUT2D eigenvalue weighted by Crippen LogP contribution is 2.44. The zero-order chi connectivity index (χ0) is 14.9. The summed E-state index contributed by atoms with van der Waals surface area (Å²) in [5.41, 5.74) is 1.69. The predicted octanol–water partition coefficient (Wildman–Crippen LogP) is 3.01. The van der Waals surface area contributed by atoms with E-state index in [-0.39, 0.29) is 11.6 Å². The summed E-state index contributed by atoms with van der Waals surface area (Å²) in [4.78, 5) is 14.2. The fourth-order valence-corrected chi connectivity index (χ4v) is 3.51. The Morgan fingerprint density at radius 2 is 2.14 bits per heavy atom. The Morgan fingerprint density at radius 3 is 2.81 bits per heavy atom. The topological polar surface area (TPSA) is 38.8 Å². The van der Waals surface area contributed by atoms with Crippen LogP contribution in [0, 0.1) is 0 Å². The molecule has 0 radical (unpaired) electrons. The summed E-state index contributed by atoms with van der Waals surface area (Å²) in [5.74, 6) is -0.275. The molecule has 2 fully saturated rings. The number of ether oxygens (including phenoxy) is 2. The number of hydrogen-bond donors (Lipinski definition) is 0. The minimum absolute atomic E-state index is 0.109. The van der Waals surface area contributed by atoms with Crippen molar-refractivity contribution in [2.75, 3.05) is 25.7 Å². The molecule has 1 aliphatic heterocycles. The molecule has 4 heteroatoms. The molecule has 4 nitrogen and oxygen atoms in total. The van der Waals surface area contributed by atoms with Gasteiger partial charge in [-0.1, -0.05) is 12.1 Å². The van der Waals surface area contributed by atoms with Crippen molar-refractivity contribution in [3.8, 4) is 0 Å². The lowest BCUT2D eigenvalue weighted by molar-refractivity contribution is -0.132. The van der Waals surface area contributed by atoms with E-state index in [1.54, 1.807) is 0 Å². The Hall–Kier alpha value is -1.55. The molecule has 0 N–H and O–H groups in total. The van der Waals surface area contributed by atoms with Gasteiger partial charge in [0.1, 0.15) is 0 Å². The van der Waals surface area contributed by atoms with Crippen molar-refractivity contribution in [3.63, 3.8) is 0 Å².